The molecule has 0 fully saturated rings. The third-order valence-corrected chi connectivity index (χ3v) is 1.14. The highest BCUT2D eigenvalue weighted by Gasteiger charge is 2.20. The van der Waals surface area contributed by atoms with Crippen LogP contribution >= 0.6 is 34.8 Å². The molecule has 0 aromatic rings. The molecular weight excluding hydrogens is 210 g/mol. The Morgan fingerprint density at radius 1 is 1.55 bits per heavy atom. The predicted molar refractivity (Wildman–Crippen MR) is 46.4 cm³/mol. The molecule has 3 nitrogen and oxygen atoms in total. The lowest BCUT2D eigenvalue weighted by Crippen LogP contribution is -2.36. The smallest absolute Gasteiger partial charge is 0.332 e. The lowest BCUT2D eigenvalue weighted by atomic mass is 10.7. The van der Waals surface area contributed by atoms with Gasteiger partial charge in [0.25, 0.3) is 0 Å². The van der Waals surface area contributed by atoms with Crippen LogP contribution < -0.4 is 10.6 Å². The minimum absolute atomic E-state index is 0.0278. The first-order chi connectivity index (χ1) is 4.95. The SMILES string of the molecule is CC[N]C(=O)NCC(Cl)(Cl)Cl. The topological polar surface area (TPSA) is 43.2 Å². The molecule has 11 heavy (non-hydrogen) atoms. The van der Waals surface area contributed by atoms with Crippen LogP contribution in [0.5, 0.6) is 0 Å². The van der Waals surface area contributed by atoms with E-state index in [-0.39, 0.29) is 6.54 Å². The van der Waals surface area contributed by atoms with E-state index >= 15 is 0 Å². The second kappa shape index (κ2) is 4.91. The van der Waals surface area contributed by atoms with Crippen molar-refractivity contribution in [2.45, 2.75) is 10.7 Å². The second-order valence-electron chi connectivity index (χ2n) is 1.75. The van der Waals surface area contributed by atoms with Gasteiger partial charge in [0, 0.05) is 6.54 Å². The average Bonchev–Trinajstić information content (AvgIpc) is 1.83. The highest BCUT2D eigenvalue weighted by Crippen LogP contribution is 2.24. The van der Waals surface area contributed by atoms with Gasteiger partial charge in [0.05, 0.1) is 6.54 Å². The van der Waals surface area contributed by atoms with Crippen molar-refractivity contribution in [2.24, 2.45) is 0 Å². The number of halogens is 3. The van der Waals surface area contributed by atoms with Gasteiger partial charge in [-0.25, -0.2) is 10.1 Å². The minimum Gasteiger partial charge on any atom is -0.332 e. The Labute approximate surface area is 80.4 Å². The number of urea groups is 1. The Balaban J connectivity index is 3.46. The summed E-state index contributed by atoms with van der Waals surface area (Å²) in [6, 6.07) is -0.459. The number of alkyl halides is 3. The van der Waals surface area contributed by atoms with Crippen LogP contribution in [0.25, 0.3) is 0 Å². The van der Waals surface area contributed by atoms with E-state index in [1.165, 1.54) is 0 Å². The lowest BCUT2D eigenvalue weighted by molar-refractivity contribution is 0.241. The predicted octanol–water partition coefficient (Wildman–Crippen LogP) is 1.69. The fourth-order valence-electron chi connectivity index (χ4n) is 0.375. The molecule has 0 saturated carbocycles. The van der Waals surface area contributed by atoms with Crippen LogP contribution in [0.3, 0.4) is 0 Å². The maximum absolute atomic E-state index is 10.6. The first-order valence-corrected chi connectivity index (χ1v) is 4.11. The molecule has 0 bridgehead atoms. The van der Waals surface area contributed by atoms with E-state index in [1.54, 1.807) is 6.92 Å². The summed E-state index contributed by atoms with van der Waals surface area (Å²) in [5.74, 6) is 0. The number of nitrogens with zero attached hydrogens (tertiary/aromatic N) is 1. The van der Waals surface area contributed by atoms with Crippen LogP contribution in [-0.2, 0) is 0 Å². The molecule has 65 valence electrons. The molecule has 0 unspecified atom stereocenters. The molecule has 0 rings (SSSR count). The molecule has 0 aromatic heterocycles. The quantitative estimate of drug-likeness (QED) is 0.704. The van der Waals surface area contributed by atoms with Crippen molar-refractivity contribution in [1.29, 1.82) is 0 Å². The maximum Gasteiger partial charge on any atom is 0.336 e. The molecule has 0 saturated heterocycles. The van der Waals surface area contributed by atoms with E-state index in [2.05, 4.69) is 10.6 Å². The molecule has 1 N–H and O–H groups in total. The molecule has 0 aromatic carbocycles. The molecule has 0 aliphatic rings. The summed E-state index contributed by atoms with van der Waals surface area (Å²) in [5.41, 5.74) is 0. The van der Waals surface area contributed by atoms with E-state index in [0.29, 0.717) is 6.54 Å². The molecule has 1 radical (unpaired) electrons. The van der Waals surface area contributed by atoms with Gasteiger partial charge >= 0.3 is 6.03 Å². The first-order valence-electron chi connectivity index (χ1n) is 2.98. The largest absolute Gasteiger partial charge is 0.336 e. The molecule has 0 aliphatic heterocycles. The zero-order chi connectivity index (χ0) is 8.91. The van der Waals surface area contributed by atoms with Crippen molar-refractivity contribution < 1.29 is 4.79 Å². The van der Waals surface area contributed by atoms with Crippen molar-refractivity contribution in [3.05, 3.63) is 0 Å². The first kappa shape index (κ1) is 11.1. The summed E-state index contributed by atoms with van der Waals surface area (Å²) >= 11 is 16.1. The van der Waals surface area contributed by atoms with Crippen LogP contribution in [0.2, 0.25) is 0 Å². The van der Waals surface area contributed by atoms with Gasteiger partial charge < -0.3 is 5.32 Å². The Morgan fingerprint density at radius 3 is 2.45 bits per heavy atom. The standard InChI is InChI=1S/C5H8Cl3N2O/c1-2-9-4(11)10-3-5(6,7)8/h2-3H2,1H3,(H,10,11). The summed E-state index contributed by atoms with van der Waals surface area (Å²) in [5, 5.41) is 5.82. The van der Waals surface area contributed by atoms with E-state index in [9.17, 15) is 4.79 Å². The second-order valence-corrected chi connectivity index (χ2v) is 4.26. The van der Waals surface area contributed by atoms with Crippen molar-refractivity contribution in [2.75, 3.05) is 13.1 Å². The number of nitrogens with one attached hydrogen (secondary N) is 1. The molecule has 0 heterocycles. The zero-order valence-corrected chi connectivity index (χ0v) is 8.17. The molecule has 6 heteroatoms. The van der Waals surface area contributed by atoms with Crippen LogP contribution in [0, 0.1) is 0 Å². The van der Waals surface area contributed by atoms with Gasteiger partial charge in [0.15, 0.2) is 0 Å². The van der Waals surface area contributed by atoms with Crippen molar-refractivity contribution in [1.82, 2.24) is 10.6 Å². The van der Waals surface area contributed by atoms with Crippen LogP contribution in [0.1, 0.15) is 6.92 Å². The van der Waals surface area contributed by atoms with Crippen LogP contribution in [0.4, 0.5) is 4.79 Å². The average molecular weight is 218 g/mol. The fourth-order valence-corrected chi connectivity index (χ4v) is 0.576. The number of hydrogen-bond donors (Lipinski definition) is 1. The molecule has 0 aliphatic carbocycles. The van der Waals surface area contributed by atoms with E-state index < -0.39 is 9.82 Å². The van der Waals surface area contributed by atoms with Gasteiger partial charge in [-0.05, 0) is 6.92 Å². The van der Waals surface area contributed by atoms with Crippen molar-refractivity contribution >= 4 is 40.8 Å². The number of carbonyl (C=O) groups is 1. The minimum atomic E-state index is -1.45. The Kier molecular flexibility index (Phi) is 4.97. The van der Waals surface area contributed by atoms with Gasteiger partial charge in [0.1, 0.15) is 0 Å². The van der Waals surface area contributed by atoms with Gasteiger partial charge in [0.2, 0.25) is 3.79 Å². The molecule has 0 atom stereocenters. The monoisotopic (exact) mass is 217 g/mol. The van der Waals surface area contributed by atoms with Crippen LogP contribution in [-0.4, -0.2) is 22.9 Å². The van der Waals surface area contributed by atoms with E-state index in [0.717, 1.165) is 0 Å². The van der Waals surface area contributed by atoms with E-state index in [1.807, 2.05) is 0 Å². The zero-order valence-electron chi connectivity index (χ0n) is 5.90. The van der Waals surface area contributed by atoms with Crippen LogP contribution in [0.15, 0.2) is 0 Å². The van der Waals surface area contributed by atoms with Gasteiger partial charge in [-0.3, -0.25) is 0 Å². The Hall–Kier alpha value is 0.140. The third kappa shape index (κ3) is 8.04. The molecule has 0 spiro atoms. The lowest BCUT2D eigenvalue weighted by Gasteiger charge is -2.10. The summed E-state index contributed by atoms with van der Waals surface area (Å²) in [7, 11) is 0. The van der Waals surface area contributed by atoms with Gasteiger partial charge in [-0.2, -0.15) is 0 Å². The highest BCUT2D eigenvalue weighted by atomic mass is 35.6. The summed E-state index contributed by atoms with van der Waals surface area (Å²) in [4.78, 5) is 10.6. The van der Waals surface area contributed by atoms with E-state index in [4.69, 9.17) is 34.8 Å². The molecular formula is C5H8Cl3N2O. The van der Waals surface area contributed by atoms with Gasteiger partial charge in [-0.15, -0.1) is 0 Å². The number of amides is 2. The Morgan fingerprint density at radius 2 is 2.09 bits per heavy atom. The number of hydrogen-bond acceptors (Lipinski definition) is 1. The normalized spacial score (nSPS) is 10.9. The fraction of sp³-hybridized carbons (Fsp3) is 0.800. The summed E-state index contributed by atoms with van der Waals surface area (Å²) < 4.78 is -1.45. The molecule has 2 amide bonds. The van der Waals surface area contributed by atoms with Gasteiger partial charge in [-0.1, -0.05) is 34.8 Å². The Bertz CT molecular complexity index is 134. The maximum atomic E-state index is 10.6. The number of rotatable bonds is 2. The van der Waals surface area contributed by atoms with Crippen molar-refractivity contribution in [3.63, 3.8) is 0 Å². The summed E-state index contributed by atoms with van der Waals surface area (Å²) in [6.07, 6.45) is 0. The summed E-state index contributed by atoms with van der Waals surface area (Å²) in [6.45, 7) is 2.14. The highest BCUT2D eigenvalue weighted by molar-refractivity contribution is 6.67. The number of carbonyl (C=O) groups excluding carboxylic acids is 1. The van der Waals surface area contributed by atoms with Crippen molar-refractivity contribution in [3.8, 4) is 0 Å². The third-order valence-electron chi connectivity index (χ3n) is 0.742.